The van der Waals surface area contributed by atoms with Crippen molar-refractivity contribution in [1.82, 2.24) is 4.98 Å². The third kappa shape index (κ3) is 3.12. The Balaban J connectivity index is 2.23. The number of nitrogen functional groups attached to an aromatic ring is 1. The number of halogens is 1. The highest BCUT2D eigenvalue weighted by molar-refractivity contribution is 9.10. The van der Waals surface area contributed by atoms with Gasteiger partial charge in [-0.05, 0) is 40.2 Å². The largest absolute Gasteiger partial charge is 0.495 e. The van der Waals surface area contributed by atoms with Gasteiger partial charge >= 0.3 is 0 Å². The summed E-state index contributed by atoms with van der Waals surface area (Å²) in [5.41, 5.74) is 7.43. The number of ether oxygens (including phenoxy) is 1. The second-order valence-corrected chi connectivity index (χ2v) is 4.90. The smallest absolute Gasteiger partial charge is 0.171 e. The fourth-order valence-corrected chi connectivity index (χ4v) is 1.97. The summed E-state index contributed by atoms with van der Waals surface area (Å²) in [6, 6.07) is 8.82. The van der Waals surface area contributed by atoms with Gasteiger partial charge in [0.25, 0.3) is 0 Å². The van der Waals surface area contributed by atoms with Crippen LogP contribution in [0.5, 0.6) is 5.75 Å². The van der Waals surface area contributed by atoms with Gasteiger partial charge < -0.3 is 10.5 Å². The number of aromatic nitrogens is 1. The first kappa shape index (κ1) is 13.5. The minimum atomic E-state index is -0.0776. The second kappa shape index (κ2) is 5.84. The molecular formula is C14H13BrN2O2. The zero-order valence-corrected chi connectivity index (χ0v) is 12.0. The number of methoxy groups -OCH3 is 1. The van der Waals surface area contributed by atoms with E-state index in [0.29, 0.717) is 22.7 Å². The summed E-state index contributed by atoms with van der Waals surface area (Å²) in [5, 5.41) is 0. The van der Waals surface area contributed by atoms with Gasteiger partial charge in [-0.15, -0.1) is 0 Å². The van der Waals surface area contributed by atoms with E-state index in [9.17, 15) is 4.79 Å². The van der Waals surface area contributed by atoms with E-state index in [1.165, 1.54) is 7.11 Å². The van der Waals surface area contributed by atoms with Crippen LogP contribution in [-0.4, -0.2) is 17.9 Å². The van der Waals surface area contributed by atoms with Gasteiger partial charge in [-0.1, -0.05) is 6.07 Å². The molecule has 0 bridgehead atoms. The molecule has 0 saturated carbocycles. The number of rotatable bonds is 4. The number of ketones is 1. The van der Waals surface area contributed by atoms with Gasteiger partial charge in [0.1, 0.15) is 5.75 Å². The van der Waals surface area contributed by atoms with Gasteiger partial charge in [0.15, 0.2) is 5.78 Å². The molecule has 0 unspecified atom stereocenters. The highest BCUT2D eigenvalue weighted by Crippen LogP contribution is 2.25. The summed E-state index contributed by atoms with van der Waals surface area (Å²) in [6.45, 7) is 0. The molecule has 0 fully saturated rings. The second-order valence-electron chi connectivity index (χ2n) is 3.99. The lowest BCUT2D eigenvalue weighted by molar-refractivity contribution is 0.0992. The van der Waals surface area contributed by atoms with E-state index in [1.54, 1.807) is 30.5 Å². The number of hydrogen-bond donors (Lipinski definition) is 1. The molecule has 2 aromatic rings. The Kier molecular flexibility index (Phi) is 4.16. The normalized spacial score (nSPS) is 10.2. The van der Waals surface area contributed by atoms with Crippen molar-refractivity contribution in [3.8, 4) is 5.75 Å². The predicted octanol–water partition coefficient (Wildman–Crippen LogP) is 2.86. The molecule has 98 valence electrons. The molecule has 0 aliphatic rings. The number of anilines is 1. The molecule has 0 aliphatic carbocycles. The van der Waals surface area contributed by atoms with Gasteiger partial charge in [0, 0.05) is 21.9 Å². The van der Waals surface area contributed by atoms with Crippen molar-refractivity contribution in [2.24, 2.45) is 0 Å². The summed E-state index contributed by atoms with van der Waals surface area (Å²) >= 11 is 3.30. The molecule has 0 atom stereocenters. The van der Waals surface area contributed by atoms with Crippen molar-refractivity contribution in [1.29, 1.82) is 0 Å². The van der Waals surface area contributed by atoms with Gasteiger partial charge in [-0.2, -0.15) is 0 Å². The van der Waals surface area contributed by atoms with Crippen molar-refractivity contribution >= 4 is 27.4 Å². The van der Waals surface area contributed by atoms with E-state index in [-0.39, 0.29) is 12.2 Å². The van der Waals surface area contributed by atoms with Gasteiger partial charge in [-0.3, -0.25) is 9.78 Å². The number of carbonyl (C=O) groups excluding carboxylic acids is 1. The average molecular weight is 321 g/mol. The number of para-hydroxylation sites is 1. The van der Waals surface area contributed by atoms with Crippen LogP contribution in [0.25, 0.3) is 0 Å². The number of hydrogen-bond acceptors (Lipinski definition) is 4. The molecule has 0 amide bonds. The lowest BCUT2D eigenvalue weighted by atomic mass is 10.0. The molecular weight excluding hydrogens is 308 g/mol. The molecule has 0 spiro atoms. The van der Waals surface area contributed by atoms with Crippen LogP contribution in [0, 0.1) is 0 Å². The van der Waals surface area contributed by atoms with E-state index < -0.39 is 0 Å². The molecule has 1 heterocycles. The van der Waals surface area contributed by atoms with Gasteiger partial charge in [-0.25, -0.2) is 0 Å². The fourth-order valence-electron chi connectivity index (χ4n) is 1.74. The Hall–Kier alpha value is -1.88. The number of nitrogens with zero attached hydrogens (tertiary/aromatic N) is 1. The monoisotopic (exact) mass is 320 g/mol. The minimum absolute atomic E-state index is 0.0776. The number of nitrogens with two attached hydrogens (primary N) is 1. The van der Waals surface area contributed by atoms with Gasteiger partial charge in [0.2, 0.25) is 0 Å². The first-order valence-corrected chi connectivity index (χ1v) is 6.47. The lowest BCUT2D eigenvalue weighted by Crippen LogP contribution is -2.09. The van der Waals surface area contributed by atoms with Crippen LogP contribution < -0.4 is 10.5 Å². The molecule has 2 rings (SSSR count). The Morgan fingerprint density at radius 2 is 2.16 bits per heavy atom. The maximum Gasteiger partial charge on any atom is 0.171 e. The van der Waals surface area contributed by atoms with E-state index >= 15 is 0 Å². The molecule has 1 aromatic carbocycles. The zero-order valence-electron chi connectivity index (χ0n) is 10.4. The summed E-state index contributed by atoms with van der Waals surface area (Å²) in [4.78, 5) is 16.4. The minimum Gasteiger partial charge on any atom is -0.495 e. The quantitative estimate of drug-likeness (QED) is 0.695. The molecule has 0 radical (unpaired) electrons. The summed E-state index contributed by atoms with van der Waals surface area (Å²) in [6.07, 6.45) is 1.88. The SMILES string of the molecule is COc1cccc(C(=O)Cc2ccc(Br)cn2)c1N. The third-order valence-electron chi connectivity index (χ3n) is 2.72. The first-order valence-electron chi connectivity index (χ1n) is 5.68. The number of Topliss-reactive ketones (excluding diaryl/α,β-unsaturated/α-hetero) is 1. The number of pyridine rings is 1. The van der Waals surface area contributed by atoms with E-state index in [2.05, 4.69) is 20.9 Å². The lowest BCUT2D eigenvalue weighted by Gasteiger charge is -2.08. The topological polar surface area (TPSA) is 65.2 Å². The molecule has 1 aromatic heterocycles. The molecule has 0 aliphatic heterocycles. The molecule has 2 N–H and O–H groups in total. The van der Waals surface area contributed by atoms with E-state index in [1.807, 2.05) is 6.07 Å². The van der Waals surface area contributed by atoms with Crippen molar-refractivity contribution in [2.45, 2.75) is 6.42 Å². The predicted molar refractivity (Wildman–Crippen MR) is 77.4 cm³/mol. The maximum absolute atomic E-state index is 12.2. The fraction of sp³-hybridized carbons (Fsp3) is 0.143. The third-order valence-corrected chi connectivity index (χ3v) is 3.19. The van der Waals surface area contributed by atoms with Crippen LogP contribution in [0.2, 0.25) is 0 Å². The highest BCUT2D eigenvalue weighted by atomic mass is 79.9. The zero-order chi connectivity index (χ0) is 13.8. The summed E-state index contributed by atoms with van der Waals surface area (Å²) in [5.74, 6) is 0.431. The molecule has 4 nitrogen and oxygen atoms in total. The van der Waals surface area contributed by atoms with E-state index in [0.717, 1.165) is 4.47 Å². The van der Waals surface area contributed by atoms with Crippen LogP contribution in [0.15, 0.2) is 41.0 Å². The molecule has 0 saturated heterocycles. The average Bonchev–Trinajstić information content (AvgIpc) is 2.41. The van der Waals surface area contributed by atoms with Crippen LogP contribution in [0.4, 0.5) is 5.69 Å². The van der Waals surface area contributed by atoms with Crippen LogP contribution >= 0.6 is 15.9 Å². The summed E-state index contributed by atoms with van der Waals surface area (Å²) in [7, 11) is 1.52. The van der Waals surface area contributed by atoms with Crippen molar-refractivity contribution < 1.29 is 9.53 Å². The van der Waals surface area contributed by atoms with Crippen molar-refractivity contribution in [3.05, 3.63) is 52.3 Å². The van der Waals surface area contributed by atoms with Crippen molar-refractivity contribution in [3.63, 3.8) is 0 Å². The Morgan fingerprint density at radius 1 is 1.37 bits per heavy atom. The Bertz CT molecular complexity index is 597. The number of benzene rings is 1. The highest BCUT2D eigenvalue weighted by Gasteiger charge is 2.14. The van der Waals surface area contributed by atoms with Crippen LogP contribution in [-0.2, 0) is 6.42 Å². The molecule has 5 heteroatoms. The number of carbonyl (C=O) groups is 1. The van der Waals surface area contributed by atoms with Crippen molar-refractivity contribution in [2.75, 3.05) is 12.8 Å². The maximum atomic E-state index is 12.2. The van der Waals surface area contributed by atoms with E-state index in [4.69, 9.17) is 10.5 Å². The van der Waals surface area contributed by atoms with Crippen LogP contribution in [0.3, 0.4) is 0 Å². The first-order chi connectivity index (χ1) is 9.11. The Morgan fingerprint density at radius 3 is 2.79 bits per heavy atom. The van der Waals surface area contributed by atoms with Gasteiger partial charge in [0.05, 0.1) is 19.2 Å². The van der Waals surface area contributed by atoms with Crippen LogP contribution in [0.1, 0.15) is 16.1 Å². The summed E-state index contributed by atoms with van der Waals surface area (Å²) < 4.78 is 5.98. The molecule has 19 heavy (non-hydrogen) atoms. The Labute approximate surface area is 119 Å². The standard InChI is InChI=1S/C14H13BrN2O2/c1-19-13-4-2-3-11(14(13)16)12(18)7-10-6-5-9(15)8-17-10/h2-6,8H,7,16H2,1H3.